The second kappa shape index (κ2) is 7.24. The second-order valence-corrected chi connectivity index (χ2v) is 4.49. The van der Waals surface area contributed by atoms with Crippen molar-refractivity contribution in [3.63, 3.8) is 0 Å². The van der Waals surface area contributed by atoms with E-state index < -0.39 is 0 Å². The molecule has 1 rings (SSSR count). The molecule has 0 spiro atoms. The third kappa shape index (κ3) is 4.20. The first-order chi connectivity index (χ1) is 7.77. The number of thioether (sulfide) groups is 1. The van der Waals surface area contributed by atoms with Gasteiger partial charge in [0.25, 0.3) is 0 Å². The molecule has 1 atom stereocenters. The van der Waals surface area contributed by atoms with Gasteiger partial charge in [0.05, 0.1) is 24.5 Å². The van der Waals surface area contributed by atoms with Crippen molar-refractivity contribution in [3.8, 4) is 0 Å². The summed E-state index contributed by atoms with van der Waals surface area (Å²) in [5, 5.41) is 0.144. The minimum atomic E-state index is -0.190. The molecule has 0 bridgehead atoms. The van der Waals surface area contributed by atoms with Crippen LogP contribution in [-0.4, -0.2) is 30.4 Å². The molecule has 88 valence electrons. The van der Waals surface area contributed by atoms with Gasteiger partial charge in [0.2, 0.25) is 0 Å². The summed E-state index contributed by atoms with van der Waals surface area (Å²) in [5.74, 6) is 0.509. The van der Waals surface area contributed by atoms with Crippen LogP contribution in [0, 0.1) is 0 Å². The summed E-state index contributed by atoms with van der Waals surface area (Å²) < 4.78 is 4.57. The molecule has 0 saturated heterocycles. The monoisotopic (exact) mass is 240 g/mol. The fourth-order valence-corrected chi connectivity index (χ4v) is 2.24. The molecule has 1 unspecified atom stereocenters. The van der Waals surface area contributed by atoms with Crippen LogP contribution in [0.15, 0.2) is 24.4 Å². The van der Waals surface area contributed by atoms with Crippen molar-refractivity contribution >= 4 is 17.7 Å². The van der Waals surface area contributed by atoms with Crippen molar-refractivity contribution in [2.45, 2.75) is 11.7 Å². The molecule has 16 heavy (non-hydrogen) atoms. The van der Waals surface area contributed by atoms with Crippen LogP contribution < -0.4 is 5.73 Å². The average molecular weight is 240 g/mol. The average Bonchev–Trinajstić information content (AvgIpc) is 2.35. The van der Waals surface area contributed by atoms with Crippen molar-refractivity contribution in [1.29, 1.82) is 0 Å². The number of carbonyl (C=O) groups excluding carboxylic acids is 1. The zero-order valence-corrected chi connectivity index (χ0v) is 10.1. The highest BCUT2D eigenvalue weighted by Crippen LogP contribution is 2.26. The Labute approximate surface area is 99.6 Å². The van der Waals surface area contributed by atoms with Crippen LogP contribution in [0.5, 0.6) is 0 Å². The zero-order valence-electron chi connectivity index (χ0n) is 9.26. The minimum absolute atomic E-state index is 0.144. The third-order valence-electron chi connectivity index (χ3n) is 2.08. The SMILES string of the molecule is COC(=O)CCSC(CN)c1ccccn1. The maximum Gasteiger partial charge on any atom is 0.306 e. The smallest absolute Gasteiger partial charge is 0.306 e. The van der Waals surface area contributed by atoms with Crippen LogP contribution in [0.3, 0.4) is 0 Å². The molecule has 0 saturated carbocycles. The molecule has 0 fully saturated rings. The molecule has 5 heteroatoms. The van der Waals surface area contributed by atoms with E-state index in [2.05, 4.69) is 9.72 Å². The molecule has 1 heterocycles. The normalized spacial score (nSPS) is 12.1. The molecule has 0 aliphatic carbocycles. The van der Waals surface area contributed by atoms with Crippen molar-refractivity contribution in [2.75, 3.05) is 19.4 Å². The molecule has 0 amide bonds. The van der Waals surface area contributed by atoms with Gasteiger partial charge in [0.15, 0.2) is 0 Å². The Morgan fingerprint density at radius 1 is 1.62 bits per heavy atom. The van der Waals surface area contributed by atoms with E-state index in [0.717, 1.165) is 5.69 Å². The van der Waals surface area contributed by atoms with E-state index in [-0.39, 0.29) is 11.2 Å². The van der Waals surface area contributed by atoms with E-state index >= 15 is 0 Å². The van der Waals surface area contributed by atoms with Gasteiger partial charge in [-0.1, -0.05) is 6.07 Å². The van der Waals surface area contributed by atoms with E-state index in [0.29, 0.717) is 18.7 Å². The van der Waals surface area contributed by atoms with Crippen LogP contribution in [0.1, 0.15) is 17.4 Å². The van der Waals surface area contributed by atoms with Gasteiger partial charge < -0.3 is 10.5 Å². The third-order valence-corrected chi connectivity index (χ3v) is 3.36. The van der Waals surface area contributed by atoms with Gasteiger partial charge in [-0.15, -0.1) is 0 Å². The number of rotatable bonds is 6. The predicted octanol–water partition coefficient (Wildman–Crippen LogP) is 1.38. The summed E-state index contributed by atoms with van der Waals surface area (Å²) in [7, 11) is 1.40. The largest absolute Gasteiger partial charge is 0.469 e. The summed E-state index contributed by atoms with van der Waals surface area (Å²) in [4.78, 5) is 15.2. The van der Waals surface area contributed by atoms with Gasteiger partial charge in [0, 0.05) is 18.5 Å². The van der Waals surface area contributed by atoms with Crippen LogP contribution in [0.2, 0.25) is 0 Å². The van der Waals surface area contributed by atoms with Gasteiger partial charge in [-0.25, -0.2) is 0 Å². The summed E-state index contributed by atoms with van der Waals surface area (Å²) in [6, 6.07) is 5.75. The molecule has 4 nitrogen and oxygen atoms in total. The van der Waals surface area contributed by atoms with E-state index in [1.165, 1.54) is 7.11 Å². The van der Waals surface area contributed by atoms with Crippen LogP contribution in [0.4, 0.5) is 0 Å². The Morgan fingerprint density at radius 2 is 2.44 bits per heavy atom. The fraction of sp³-hybridized carbons (Fsp3) is 0.455. The van der Waals surface area contributed by atoms with E-state index in [4.69, 9.17) is 5.73 Å². The van der Waals surface area contributed by atoms with Crippen molar-refractivity contribution in [2.24, 2.45) is 5.73 Å². The van der Waals surface area contributed by atoms with Crippen molar-refractivity contribution in [3.05, 3.63) is 30.1 Å². The summed E-state index contributed by atoms with van der Waals surface area (Å²) >= 11 is 1.63. The van der Waals surface area contributed by atoms with Gasteiger partial charge in [0.1, 0.15) is 0 Å². The van der Waals surface area contributed by atoms with Gasteiger partial charge >= 0.3 is 5.97 Å². The summed E-state index contributed by atoms with van der Waals surface area (Å²) in [5.41, 5.74) is 6.64. The number of ether oxygens (including phenoxy) is 1. The fourth-order valence-electron chi connectivity index (χ4n) is 1.23. The molecular weight excluding hydrogens is 224 g/mol. The molecular formula is C11H16N2O2S. The number of hydrogen-bond acceptors (Lipinski definition) is 5. The van der Waals surface area contributed by atoms with Crippen LogP contribution in [-0.2, 0) is 9.53 Å². The number of carbonyl (C=O) groups is 1. The van der Waals surface area contributed by atoms with Crippen molar-refractivity contribution in [1.82, 2.24) is 4.98 Å². The summed E-state index contributed by atoms with van der Waals surface area (Å²) in [6.07, 6.45) is 2.16. The van der Waals surface area contributed by atoms with Gasteiger partial charge in [-0.05, 0) is 12.1 Å². The van der Waals surface area contributed by atoms with E-state index in [9.17, 15) is 4.79 Å². The molecule has 2 N–H and O–H groups in total. The Morgan fingerprint density at radius 3 is 3.00 bits per heavy atom. The number of nitrogens with two attached hydrogens (primary N) is 1. The first-order valence-corrected chi connectivity index (χ1v) is 6.12. The molecule has 1 aromatic rings. The second-order valence-electron chi connectivity index (χ2n) is 3.18. The lowest BCUT2D eigenvalue weighted by molar-refractivity contribution is -0.140. The minimum Gasteiger partial charge on any atom is -0.469 e. The first-order valence-electron chi connectivity index (χ1n) is 5.07. The lowest BCUT2D eigenvalue weighted by Crippen LogP contribution is -2.12. The number of aromatic nitrogens is 1. The number of methoxy groups -OCH3 is 1. The molecule has 0 radical (unpaired) electrons. The molecule has 0 aromatic carbocycles. The van der Waals surface area contributed by atoms with Crippen molar-refractivity contribution < 1.29 is 9.53 Å². The Balaban J connectivity index is 2.41. The first kappa shape index (κ1) is 13.0. The molecule has 1 aromatic heterocycles. The topological polar surface area (TPSA) is 65.2 Å². The quantitative estimate of drug-likeness (QED) is 0.761. The molecule has 0 aliphatic rings. The van der Waals surface area contributed by atoms with Gasteiger partial charge in [-0.3, -0.25) is 9.78 Å². The number of hydrogen-bond donors (Lipinski definition) is 1. The molecule has 0 aliphatic heterocycles. The lowest BCUT2D eigenvalue weighted by Gasteiger charge is -2.12. The highest BCUT2D eigenvalue weighted by atomic mass is 32.2. The maximum absolute atomic E-state index is 10.9. The van der Waals surface area contributed by atoms with E-state index in [1.807, 2.05) is 18.2 Å². The zero-order chi connectivity index (χ0) is 11.8. The van der Waals surface area contributed by atoms with Crippen LogP contribution >= 0.6 is 11.8 Å². The van der Waals surface area contributed by atoms with E-state index in [1.54, 1.807) is 18.0 Å². The highest BCUT2D eigenvalue weighted by molar-refractivity contribution is 7.99. The lowest BCUT2D eigenvalue weighted by atomic mass is 10.3. The Kier molecular flexibility index (Phi) is 5.88. The van der Waals surface area contributed by atoms with Gasteiger partial charge in [-0.2, -0.15) is 11.8 Å². The standard InChI is InChI=1S/C11H16N2O2S/c1-15-11(14)5-7-16-10(8-12)9-4-2-3-6-13-9/h2-4,6,10H,5,7-8,12H2,1H3. The number of nitrogens with zero attached hydrogens (tertiary/aromatic N) is 1. The number of esters is 1. The maximum atomic E-state index is 10.9. The summed E-state index contributed by atoms with van der Waals surface area (Å²) in [6.45, 7) is 0.517. The number of pyridine rings is 1. The highest BCUT2D eigenvalue weighted by Gasteiger charge is 2.11. The predicted molar refractivity (Wildman–Crippen MR) is 65.1 cm³/mol. The van der Waals surface area contributed by atoms with Crippen LogP contribution in [0.25, 0.3) is 0 Å². The Hall–Kier alpha value is -1.07. The Bertz CT molecular complexity index is 319.